The summed E-state index contributed by atoms with van der Waals surface area (Å²) in [5.74, 6) is 0.256. The van der Waals surface area contributed by atoms with Crippen molar-refractivity contribution in [1.82, 2.24) is 14.3 Å². The van der Waals surface area contributed by atoms with E-state index in [-0.39, 0.29) is 28.1 Å². The third kappa shape index (κ3) is 5.64. The van der Waals surface area contributed by atoms with Gasteiger partial charge in [-0.3, -0.25) is 0 Å². The highest BCUT2D eigenvalue weighted by molar-refractivity contribution is 7.90. The SMILES string of the molecule is CCN(CC)S(=O)(=O)c1cccc(S(=O)(=O)NCC2CCCNC2)c1.Cl. The molecule has 1 fully saturated rings. The van der Waals surface area contributed by atoms with E-state index in [0.717, 1.165) is 25.9 Å². The maximum atomic E-state index is 12.6. The van der Waals surface area contributed by atoms with E-state index >= 15 is 0 Å². The molecule has 1 aliphatic heterocycles. The molecule has 1 unspecified atom stereocenters. The Morgan fingerprint density at radius 1 is 1.15 bits per heavy atom. The zero-order chi connectivity index (χ0) is 18.5. The van der Waals surface area contributed by atoms with Crippen molar-refractivity contribution in [3.05, 3.63) is 24.3 Å². The van der Waals surface area contributed by atoms with Crippen LogP contribution in [-0.4, -0.2) is 53.9 Å². The quantitative estimate of drug-likeness (QED) is 0.656. The molecule has 26 heavy (non-hydrogen) atoms. The van der Waals surface area contributed by atoms with Crippen LogP contribution in [0.1, 0.15) is 26.7 Å². The molecule has 7 nitrogen and oxygen atoms in total. The van der Waals surface area contributed by atoms with Gasteiger partial charge in [0.2, 0.25) is 20.0 Å². The van der Waals surface area contributed by atoms with Crippen LogP contribution in [0.5, 0.6) is 0 Å². The highest BCUT2D eigenvalue weighted by atomic mass is 35.5. The van der Waals surface area contributed by atoms with E-state index in [2.05, 4.69) is 10.0 Å². The lowest BCUT2D eigenvalue weighted by atomic mass is 10.0. The zero-order valence-electron chi connectivity index (χ0n) is 15.1. The average molecular weight is 426 g/mol. The molecule has 0 saturated carbocycles. The van der Waals surface area contributed by atoms with Crippen molar-refractivity contribution in [3.63, 3.8) is 0 Å². The van der Waals surface area contributed by atoms with Gasteiger partial charge >= 0.3 is 0 Å². The Labute approximate surface area is 163 Å². The van der Waals surface area contributed by atoms with Crippen molar-refractivity contribution >= 4 is 32.5 Å². The monoisotopic (exact) mass is 425 g/mol. The third-order valence-corrected chi connectivity index (χ3v) is 7.89. The van der Waals surface area contributed by atoms with Crippen LogP contribution in [0.4, 0.5) is 0 Å². The maximum absolute atomic E-state index is 12.6. The highest BCUT2D eigenvalue weighted by Gasteiger charge is 2.24. The van der Waals surface area contributed by atoms with E-state index in [1.165, 1.54) is 28.6 Å². The first-order valence-electron chi connectivity index (χ1n) is 8.62. The summed E-state index contributed by atoms with van der Waals surface area (Å²) < 4.78 is 54.1. The lowest BCUT2D eigenvalue weighted by Crippen LogP contribution is -2.38. The van der Waals surface area contributed by atoms with Crippen LogP contribution in [0.3, 0.4) is 0 Å². The largest absolute Gasteiger partial charge is 0.316 e. The first-order valence-corrected chi connectivity index (χ1v) is 11.5. The second kappa shape index (κ2) is 10.0. The van der Waals surface area contributed by atoms with Crippen LogP contribution in [-0.2, 0) is 20.0 Å². The Morgan fingerprint density at radius 3 is 2.38 bits per heavy atom. The van der Waals surface area contributed by atoms with Crippen LogP contribution in [0.15, 0.2) is 34.1 Å². The number of benzene rings is 1. The molecule has 1 heterocycles. The van der Waals surface area contributed by atoms with E-state index in [4.69, 9.17) is 0 Å². The molecule has 1 aromatic rings. The van der Waals surface area contributed by atoms with Crippen molar-refractivity contribution in [2.75, 3.05) is 32.7 Å². The van der Waals surface area contributed by atoms with Gasteiger partial charge in [0.15, 0.2) is 0 Å². The number of rotatable bonds is 8. The van der Waals surface area contributed by atoms with Gasteiger partial charge in [-0.25, -0.2) is 21.6 Å². The van der Waals surface area contributed by atoms with Gasteiger partial charge in [0.1, 0.15) is 0 Å². The molecule has 0 spiro atoms. The summed E-state index contributed by atoms with van der Waals surface area (Å²) in [6, 6.07) is 5.54. The molecule has 0 aliphatic carbocycles. The van der Waals surface area contributed by atoms with Crippen LogP contribution >= 0.6 is 12.4 Å². The second-order valence-corrected chi connectivity index (χ2v) is 9.83. The molecule has 1 saturated heterocycles. The lowest BCUT2D eigenvalue weighted by molar-refractivity contribution is 0.376. The molecule has 0 radical (unpaired) electrons. The number of hydrogen-bond acceptors (Lipinski definition) is 5. The summed E-state index contributed by atoms with van der Waals surface area (Å²) in [7, 11) is -7.43. The molecule has 1 atom stereocenters. The number of sulfonamides is 2. The minimum atomic E-state index is -3.74. The van der Waals surface area contributed by atoms with Crippen molar-refractivity contribution in [2.45, 2.75) is 36.5 Å². The van der Waals surface area contributed by atoms with Crippen LogP contribution in [0, 0.1) is 5.92 Å². The molecule has 150 valence electrons. The lowest BCUT2D eigenvalue weighted by Gasteiger charge is -2.23. The molecular weight excluding hydrogens is 398 g/mol. The number of halogens is 1. The molecule has 0 amide bonds. The Bertz CT molecular complexity index is 774. The summed E-state index contributed by atoms with van der Waals surface area (Å²) in [4.78, 5) is -0.0251. The van der Waals surface area contributed by atoms with Gasteiger partial charge in [0.25, 0.3) is 0 Å². The van der Waals surface area contributed by atoms with Gasteiger partial charge in [-0.1, -0.05) is 19.9 Å². The van der Waals surface area contributed by atoms with Crippen molar-refractivity contribution in [1.29, 1.82) is 0 Å². The van der Waals surface area contributed by atoms with Gasteiger partial charge in [-0.2, -0.15) is 4.31 Å². The summed E-state index contributed by atoms with van der Waals surface area (Å²) in [5.41, 5.74) is 0. The van der Waals surface area contributed by atoms with E-state index in [9.17, 15) is 16.8 Å². The Kier molecular flexibility index (Phi) is 8.98. The molecule has 0 aromatic heterocycles. The Morgan fingerprint density at radius 2 is 1.81 bits per heavy atom. The summed E-state index contributed by atoms with van der Waals surface area (Å²) in [5, 5.41) is 3.25. The normalized spacial score (nSPS) is 18.5. The van der Waals surface area contributed by atoms with E-state index in [0.29, 0.717) is 19.6 Å². The van der Waals surface area contributed by atoms with E-state index in [1.807, 2.05) is 0 Å². The molecule has 10 heteroatoms. The molecule has 1 aromatic carbocycles. The molecule has 0 bridgehead atoms. The summed E-state index contributed by atoms with van der Waals surface area (Å²) in [6.07, 6.45) is 2.01. The number of nitrogens with zero attached hydrogens (tertiary/aromatic N) is 1. The third-order valence-electron chi connectivity index (χ3n) is 4.42. The van der Waals surface area contributed by atoms with Crippen molar-refractivity contribution in [3.8, 4) is 0 Å². The first-order chi connectivity index (χ1) is 11.8. The summed E-state index contributed by atoms with van der Waals surface area (Å²) >= 11 is 0. The first kappa shape index (κ1) is 23.3. The molecule has 2 rings (SSSR count). The van der Waals surface area contributed by atoms with E-state index < -0.39 is 20.0 Å². The second-order valence-electron chi connectivity index (χ2n) is 6.13. The Hall–Kier alpha value is -0.710. The van der Waals surface area contributed by atoms with Gasteiger partial charge in [0.05, 0.1) is 9.79 Å². The fourth-order valence-corrected chi connectivity index (χ4v) is 5.66. The fourth-order valence-electron chi connectivity index (χ4n) is 2.92. The minimum absolute atomic E-state index is 0. The number of piperidine rings is 1. The predicted molar refractivity (Wildman–Crippen MR) is 105 cm³/mol. The van der Waals surface area contributed by atoms with Gasteiger partial charge in [0, 0.05) is 19.6 Å². The van der Waals surface area contributed by atoms with Gasteiger partial charge in [-0.15, -0.1) is 12.4 Å². The number of hydrogen-bond donors (Lipinski definition) is 2. The van der Waals surface area contributed by atoms with Crippen LogP contribution in [0.25, 0.3) is 0 Å². The zero-order valence-corrected chi connectivity index (χ0v) is 17.6. The Balaban J connectivity index is 0.00000338. The fraction of sp³-hybridized carbons (Fsp3) is 0.625. The smallest absolute Gasteiger partial charge is 0.243 e. The molecule has 1 aliphatic rings. The minimum Gasteiger partial charge on any atom is -0.316 e. The topological polar surface area (TPSA) is 95.6 Å². The van der Waals surface area contributed by atoms with Crippen molar-refractivity contribution in [2.24, 2.45) is 5.92 Å². The number of nitrogens with one attached hydrogen (secondary N) is 2. The van der Waals surface area contributed by atoms with Crippen LogP contribution < -0.4 is 10.0 Å². The predicted octanol–water partition coefficient (Wildman–Crippen LogP) is 1.42. The summed E-state index contributed by atoms with van der Waals surface area (Å²) in [6.45, 7) is 6.28. The van der Waals surface area contributed by atoms with Crippen molar-refractivity contribution < 1.29 is 16.8 Å². The van der Waals surface area contributed by atoms with E-state index in [1.54, 1.807) is 13.8 Å². The highest BCUT2D eigenvalue weighted by Crippen LogP contribution is 2.20. The standard InChI is InChI=1S/C16H27N3O4S2.ClH/c1-3-19(4-2)25(22,23)16-9-5-8-15(11-16)24(20,21)18-13-14-7-6-10-17-12-14;/h5,8-9,11,14,17-18H,3-4,6-7,10,12-13H2,1-2H3;1H. The molecular formula is C16H28ClN3O4S2. The maximum Gasteiger partial charge on any atom is 0.243 e. The van der Waals surface area contributed by atoms with Crippen LogP contribution in [0.2, 0.25) is 0 Å². The average Bonchev–Trinajstić information content (AvgIpc) is 2.62. The van der Waals surface area contributed by atoms with Gasteiger partial charge in [-0.05, 0) is 50.0 Å². The molecule has 2 N–H and O–H groups in total. The van der Waals surface area contributed by atoms with Gasteiger partial charge < -0.3 is 5.32 Å².